The molecule has 2 amide bonds. The third kappa shape index (κ3) is 3.53. The van der Waals surface area contributed by atoms with Crippen molar-refractivity contribution in [1.82, 2.24) is 5.32 Å². The standard InChI is InChI=1S/C14H12N2O2S/c15-13(17)12(9-11-7-4-8-19-11)16-14(18)10-5-2-1-3-6-10/h1-9H,(H2,15,17)(H,16,18)/b12-9-. The van der Waals surface area contributed by atoms with Crippen LogP contribution in [0, 0.1) is 0 Å². The molecule has 0 unspecified atom stereocenters. The second-order valence-corrected chi connectivity index (χ2v) is 4.74. The highest BCUT2D eigenvalue weighted by Gasteiger charge is 2.11. The SMILES string of the molecule is NC(=O)/C(=C/c1cccs1)NC(=O)c1ccccc1. The number of hydrogen-bond acceptors (Lipinski definition) is 3. The Hall–Kier alpha value is -2.40. The van der Waals surface area contributed by atoms with Crippen LogP contribution in [-0.2, 0) is 4.79 Å². The van der Waals surface area contributed by atoms with E-state index >= 15 is 0 Å². The molecular formula is C14H12N2O2S. The number of nitrogens with one attached hydrogen (secondary N) is 1. The predicted octanol–water partition coefficient (Wildman–Crippen LogP) is 2.00. The van der Waals surface area contributed by atoms with Crippen LogP contribution < -0.4 is 11.1 Å². The Morgan fingerprint density at radius 3 is 2.42 bits per heavy atom. The van der Waals surface area contributed by atoms with Gasteiger partial charge in [0.2, 0.25) is 0 Å². The number of hydrogen-bond donors (Lipinski definition) is 2. The van der Waals surface area contributed by atoms with E-state index in [2.05, 4.69) is 5.32 Å². The van der Waals surface area contributed by atoms with Crippen LogP contribution in [0.15, 0.2) is 53.5 Å². The van der Waals surface area contributed by atoms with E-state index < -0.39 is 5.91 Å². The van der Waals surface area contributed by atoms with Gasteiger partial charge in [-0.05, 0) is 29.7 Å². The summed E-state index contributed by atoms with van der Waals surface area (Å²) in [6.45, 7) is 0. The number of nitrogens with two attached hydrogens (primary N) is 1. The molecule has 0 atom stereocenters. The second-order valence-electron chi connectivity index (χ2n) is 3.76. The molecule has 0 bridgehead atoms. The maximum Gasteiger partial charge on any atom is 0.265 e. The van der Waals surface area contributed by atoms with Gasteiger partial charge in [0.25, 0.3) is 11.8 Å². The minimum atomic E-state index is -0.669. The summed E-state index contributed by atoms with van der Waals surface area (Å²) < 4.78 is 0. The summed E-state index contributed by atoms with van der Waals surface area (Å²) in [7, 11) is 0. The number of carbonyl (C=O) groups excluding carboxylic acids is 2. The van der Waals surface area contributed by atoms with E-state index in [0.717, 1.165) is 4.88 Å². The summed E-state index contributed by atoms with van der Waals surface area (Å²) in [5, 5.41) is 4.40. The lowest BCUT2D eigenvalue weighted by Crippen LogP contribution is -2.31. The Morgan fingerprint density at radius 1 is 1.11 bits per heavy atom. The molecule has 1 aromatic carbocycles. The van der Waals surface area contributed by atoms with E-state index in [9.17, 15) is 9.59 Å². The van der Waals surface area contributed by atoms with Gasteiger partial charge in [-0.1, -0.05) is 24.3 Å². The highest BCUT2D eigenvalue weighted by Crippen LogP contribution is 2.12. The van der Waals surface area contributed by atoms with Crippen molar-refractivity contribution in [3.05, 3.63) is 64.0 Å². The molecule has 2 aromatic rings. The van der Waals surface area contributed by atoms with Crippen LogP contribution in [0.5, 0.6) is 0 Å². The van der Waals surface area contributed by atoms with Gasteiger partial charge in [-0.25, -0.2) is 0 Å². The summed E-state index contributed by atoms with van der Waals surface area (Å²) in [6.07, 6.45) is 1.56. The van der Waals surface area contributed by atoms with Gasteiger partial charge in [-0.15, -0.1) is 11.3 Å². The van der Waals surface area contributed by atoms with Crippen molar-refractivity contribution in [2.75, 3.05) is 0 Å². The zero-order valence-corrected chi connectivity index (χ0v) is 10.8. The molecule has 0 saturated heterocycles. The lowest BCUT2D eigenvalue weighted by atomic mass is 10.2. The highest BCUT2D eigenvalue weighted by molar-refractivity contribution is 7.10. The molecule has 4 nitrogen and oxygen atoms in total. The van der Waals surface area contributed by atoms with Gasteiger partial charge in [0, 0.05) is 10.4 Å². The minimum absolute atomic E-state index is 0.0799. The van der Waals surface area contributed by atoms with Gasteiger partial charge in [0.05, 0.1) is 0 Å². The molecule has 0 radical (unpaired) electrons. The van der Waals surface area contributed by atoms with Crippen molar-refractivity contribution < 1.29 is 9.59 Å². The first-order chi connectivity index (χ1) is 9.16. The average Bonchev–Trinajstić information content (AvgIpc) is 2.91. The molecule has 0 fully saturated rings. The Kier molecular flexibility index (Phi) is 4.10. The van der Waals surface area contributed by atoms with Crippen molar-refractivity contribution >= 4 is 29.2 Å². The van der Waals surface area contributed by atoms with E-state index in [4.69, 9.17) is 5.73 Å². The van der Waals surface area contributed by atoms with Gasteiger partial charge < -0.3 is 11.1 Å². The average molecular weight is 272 g/mol. The molecule has 5 heteroatoms. The number of amides is 2. The molecule has 0 aliphatic heterocycles. The van der Waals surface area contributed by atoms with Gasteiger partial charge in [0.15, 0.2) is 0 Å². The highest BCUT2D eigenvalue weighted by atomic mass is 32.1. The van der Waals surface area contributed by atoms with Gasteiger partial charge >= 0.3 is 0 Å². The lowest BCUT2D eigenvalue weighted by Gasteiger charge is -2.06. The molecule has 19 heavy (non-hydrogen) atoms. The summed E-state index contributed by atoms with van der Waals surface area (Å²) in [5.41, 5.74) is 5.82. The fourth-order valence-corrected chi connectivity index (χ4v) is 2.13. The zero-order valence-electron chi connectivity index (χ0n) is 10.00. The summed E-state index contributed by atoms with van der Waals surface area (Å²) in [5.74, 6) is -1.03. The Morgan fingerprint density at radius 2 is 1.84 bits per heavy atom. The Balaban J connectivity index is 2.19. The number of rotatable bonds is 4. The van der Waals surface area contributed by atoms with E-state index in [-0.39, 0.29) is 11.6 Å². The van der Waals surface area contributed by atoms with Gasteiger partial charge in [-0.3, -0.25) is 9.59 Å². The van der Waals surface area contributed by atoms with Crippen LogP contribution in [0.2, 0.25) is 0 Å². The fourth-order valence-electron chi connectivity index (χ4n) is 1.47. The van der Waals surface area contributed by atoms with Crippen LogP contribution in [0.1, 0.15) is 15.2 Å². The summed E-state index contributed by atoms with van der Waals surface area (Å²) >= 11 is 1.46. The van der Waals surface area contributed by atoms with Crippen molar-refractivity contribution in [1.29, 1.82) is 0 Å². The number of carbonyl (C=O) groups is 2. The quantitative estimate of drug-likeness (QED) is 0.836. The van der Waals surface area contributed by atoms with Crippen molar-refractivity contribution in [2.24, 2.45) is 5.73 Å². The molecule has 2 rings (SSSR count). The molecular weight excluding hydrogens is 260 g/mol. The molecule has 96 valence electrons. The van der Waals surface area contributed by atoms with Crippen LogP contribution in [0.25, 0.3) is 6.08 Å². The molecule has 0 saturated carbocycles. The van der Waals surface area contributed by atoms with Gasteiger partial charge in [0.1, 0.15) is 5.70 Å². The zero-order chi connectivity index (χ0) is 13.7. The topological polar surface area (TPSA) is 72.2 Å². The lowest BCUT2D eigenvalue weighted by molar-refractivity contribution is -0.114. The van der Waals surface area contributed by atoms with Crippen LogP contribution in [-0.4, -0.2) is 11.8 Å². The third-order valence-corrected chi connectivity index (χ3v) is 3.20. The third-order valence-electron chi connectivity index (χ3n) is 2.38. The van der Waals surface area contributed by atoms with Crippen molar-refractivity contribution in [3.8, 4) is 0 Å². The molecule has 3 N–H and O–H groups in total. The maximum atomic E-state index is 11.9. The Bertz CT molecular complexity index is 604. The maximum absolute atomic E-state index is 11.9. The fraction of sp³-hybridized carbons (Fsp3) is 0. The summed E-state index contributed by atoms with van der Waals surface area (Å²) in [4.78, 5) is 24.1. The van der Waals surface area contributed by atoms with Crippen LogP contribution in [0.4, 0.5) is 0 Å². The summed E-state index contributed by atoms with van der Waals surface area (Å²) in [6, 6.07) is 12.3. The largest absolute Gasteiger partial charge is 0.364 e. The van der Waals surface area contributed by atoms with Crippen molar-refractivity contribution in [3.63, 3.8) is 0 Å². The monoisotopic (exact) mass is 272 g/mol. The van der Waals surface area contributed by atoms with E-state index in [1.807, 2.05) is 23.6 Å². The number of thiophene rings is 1. The van der Waals surface area contributed by atoms with Crippen molar-refractivity contribution in [2.45, 2.75) is 0 Å². The first kappa shape index (κ1) is 13.0. The van der Waals surface area contributed by atoms with Crippen LogP contribution >= 0.6 is 11.3 Å². The van der Waals surface area contributed by atoms with Crippen LogP contribution in [0.3, 0.4) is 0 Å². The first-order valence-corrected chi connectivity index (χ1v) is 6.46. The minimum Gasteiger partial charge on any atom is -0.364 e. The predicted molar refractivity (Wildman–Crippen MR) is 75.4 cm³/mol. The molecule has 0 spiro atoms. The molecule has 1 heterocycles. The smallest absolute Gasteiger partial charge is 0.265 e. The Labute approximate surface area is 114 Å². The molecule has 0 aliphatic rings. The van der Waals surface area contributed by atoms with Gasteiger partial charge in [-0.2, -0.15) is 0 Å². The van der Waals surface area contributed by atoms with E-state index in [1.165, 1.54) is 11.3 Å². The molecule has 0 aliphatic carbocycles. The van der Waals surface area contributed by atoms with E-state index in [0.29, 0.717) is 5.56 Å². The van der Waals surface area contributed by atoms with E-state index in [1.54, 1.807) is 30.3 Å². The first-order valence-electron chi connectivity index (χ1n) is 5.58. The molecule has 1 aromatic heterocycles. The second kappa shape index (κ2) is 5.97. The normalized spacial score (nSPS) is 11.1. The number of primary amides is 1. The number of benzene rings is 1.